The maximum atomic E-state index is 11.9. The van der Waals surface area contributed by atoms with Gasteiger partial charge < -0.3 is 10.6 Å². The Morgan fingerprint density at radius 3 is 2.83 bits per heavy atom. The lowest BCUT2D eigenvalue weighted by Gasteiger charge is -2.23. The molecule has 4 heteroatoms. The summed E-state index contributed by atoms with van der Waals surface area (Å²) >= 11 is 5.88. The summed E-state index contributed by atoms with van der Waals surface area (Å²) < 4.78 is 0. The van der Waals surface area contributed by atoms with Gasteiger partial charge in [-0.2, -0.15) is 0 Å². The van der Waals surface area contributed by atoms with E-state index in [2.05, 4.69) is 10.6 Å². The molecule has 1 aromatic rings. The van der Waals surface area contributed by atoms with Crippen molar-refractivity contribution in [3.8, 4) is 0 Å². The summed E-state index contributed by atoms with van der Waals surface area (Å²) in [5.74, 6) is 1.53. The summed E-state index contributed by atoms with van der Waals surface area (Å²) in [6.45, 7) is 0. The lowest BCUT2D eigenvalue weighted by molar-refractivity contribution is 0.242. The summed E-state index contributed by atoms with van der Waals surface area (Å²) in [4.78, 5) is 11.9. The number of carbonyl (C=O) groups is 1. The second-order valence-corrected chi connectivity index (χ2v) is 5.83. The predicted molar refractivity (Wildman–Crippen MR) is 72.8 cm³/mol. The molecule has 2 N–H and O–H groups in total. The Hall–Kier alpha value is -1.22. The maximum Gasteiger partial charge on any atom is 0.319 e. The van der Waals surface area contributed by atoms with E-state index in [4.69, 9.17) is 11.6 Å². The number of rotatable bonds is 2. The SMILES string of the molecule is O=C(Nc1cccc(Cl)c1)N[C@H]1C[C@@H]2CC[C@@H]1C2. The topological polar surface area (TPSA) is 41.1 Å². The molecular formula is C14H17ClN2O. The van der Waals surface area contributed by atoms with Gasteiger partial charge in [0, 0.05) is 16.8 Å². The second-order valence-electron chi connectivity index (χ2n) is 5.39. The number of benzene rings is 1. The van der Waals surface area contributed by atoms with E-state index in [0.29, 0.717) is 17.0 Å². The van der Waals surface area contributed by atoms with E-state index in [0.717, 1.165) is 18.0 Å². The molecule has 2 amide bonds. The second kappa shape index (κ2) is 4.81. The van der Waals surface area contributed by atoms with Gasteiger partial charge in [0.25, 0.3) is 0 Å². The number of nitrogens with one attached hydrogen (secondary N) is 2. The summed E-state index contributed by atoms with van der Waals surface area (Å²) in [6.07, 6.45) is 5.06. The zero-order chi connectivity index (χ0) is 12.5. The van der Waals surface area contributed by atoms with E-state index >= 15 is 0 Å². The molecule has 0 radical (unpaired) electrons. The van der Waals surface area contributed by atoms with E-state index in [1.54, 1.807) is 12.1 Å². The van der Waals surface area contributed by atoms with Crippen LogP contribution in [0, 0.1) is 11.8 Å². The molecule has 0 spiro atoms. The summed E-state index contributed by atoms with van der Waals surface area (Å²) in [7, 11) is 0. The lowest BCUT2D eigenvalue weighted by Crippen LogP contribution is -2.40. The van der Waals surface area contributed by atoms with E-state index in [9.17, 15) is 4.79 Å². The smallest absolute Gasteiger partial charge is 0.319 e. The molecule has 96 valence electrons. The Kier molecular flexibility index (Phi) is 3.16. The molecule has 0 aliphatic heterocycles. The van der Waals surface area contributed by atoms with Gasteiger partial charge in [-0.25, -0.2) is 4.79 Å². The molecule has 1 aromatic carbocycles. The third-order valence-corrected chi connectivity index (χ3v) is 4.37. The highest BCUT2D eigenvalue weighted by Crippen LogP contribution is 2.44. The van der Waals surface area contributed by atoms with Crippen molar-refractivity contribution in [1.82, 2.24) is 5.32 Å². The fourth-order valence-electron chi connectivity index (χ4n) is 3.32. The van der Waals surface area contributed by atoms with Crippen LogP contribution >= 0.6 is 11.6 Å². The van der Waals surface area contributed by atoms with Crippen molar-refractivity contribution >= 4 is 23.3 Å². The highest BCUT2D eigenvalue weighted by Gasteiger charge is 2.40. The highest BCUT2D eigenvalue weighted by molar-refractivity contribution is 6.30. The molecule has 2 aliphatic carbocycles. The Balaban J connectivity index is 1.56. The normalized spacial score (nSPS) is 29.3. The minimum absolute atomic E-state index is 0.116. The zero-order valence-electron chi connectivity index (χ0n) is 10.2. The molecule has 3 rings (SSSR count). The van der Waals surface area contributed by atoms with Crippen LogP contribution in [0.15, 0.2) is 24.3 Å². The first-order chi connectivity index (χ1) is 8.70. The van der Waals surface area contributed by atoms with Crippen molar-refractivity contribution in [2.24, 2.45) is 11.8 Å². The van der Waals surface area contributed by atoms with Crippen LogP contribution in [-0.4, -0.2) is 12.1 Å². The molecule has 0 aromatic heterocycles. The number of fused-ring (bicyclic) bond motifs is 2. The predicted octanol–water partition coefficient (Wildman–Crippen LogP) is 3.65. The minimum atomic E-state index is -0.116. The minimum Gasteiger partial charge on any atom is -0.335 e. The van der Waals surface area contributed by atoms with E-state index < -0.39 is 0 Å². The van der Waals surface area contributed by atoms with Crippen LogP contribution in [0.4, 0.5) is 10.5 Å². The van der Waals surface area contributed by atoms with Crippen molar-refractivity contribution in [2.45, 2.75) is 31.7 Å². The lowest BCUT2D eigenvalue weighted by atomic mass is 9.95. The average molecular weight is 265 g/mol. The zero-order valence-corrected chi connectivity index (χ0v) is 10.9. The third-order valence-electron chi connectivity index (χ3n) is 4.14. The molecule has 18 heavy (non-hydrogen) atoms. The van der Waals surface area contributed by atoms with Crippen LogP contribution in [0.5, 0.6) is 0 Å². The molecule has 2 aliphatic rings. The van der Waals surface area contributed by atoms with Crippen molar-refractivity contribution in [1.29, 1.82) is 0 Å². The molecule has 2 saturated carbocycles. The summed E-state index contributed by atoms with van der Waals surface area (Å²) in [5, 5.41) is 6.55. The van der Waals surface area contributed by atoms with Crippen LogP contribution < -0.4 is 10.6 Å². The maximum absolute atomic E-state index is 11.9. The Morgan fingerprint density at radius 2 is 2.17 bits per heavy atom. The number of amides is 2. The Morgan fingerprint density at radius 1 is 1.28 bits per heavy atom. The van der Waals surface area contributed by atoms with Crippen molar-refractivity contribution in [2.75, 3.05) is 5.32 Å². The van der Waals surface area contributed by atoms with Crippen LogP contribution in [0.25, 0.3) is 0 Å². The van der Waals surface area contributed by atoms with Crippen molar-refractivity contribution < 1.29 is 4.79 Å². The fraction of sp³-hybridized carbons (Fsp3) is 0.500. The van der Waals surface area contributed by atoms with Crippen LogP contribution in [0.1, 0.15) is 25.7 Å². The highest BCUT2D eigenvalue weighted by atomic mass is 35.5. The van der Waals surface area contributed by atoms with E-state index in [1.165, 1.54) is 19.3 Å². The molecule has 3 atom stereocenters. The van der Waals surface area contributed by atoms with Gasteiger partial charge in [-0.05, 0) is 49.3 Å². The number of anilines is 1. The van der Waals surface area contributed by atoms with Gasteiger partial charge in [0.1, 0.15) is 0 Å². The van der Waals surface area contributed by atoms with Gasteiger partial charge >= 0.3 is 6.03 Å². The molecule has 2 fully saturated rings. The number of carbonyl (C=O) groups excluding carboxylic acids is 1. The quantitative estimate of drug-likeness (QED) is 0.841. The van der Waals surface area contributed by atoms with Gasteiger partial charge in [0.2, 0.25) is 0 Å². The molecule has 0 heterocycles. The van der Waals surface area contributed by atoms with Gasteiger partial charge in [-0.3, -0.25) is 0 Å². The Bertz CT molecular complexity index is 463. The first-order valence-corrected chi connectivity index (χ1v) is 6.91. The Labute approximate surface area is 112 Å². The van der Waals surface area contributed by atoms with Crippen LogP contribution in [-0.2, 0) is 0 Å². The van der Waals surface area contributed by atoms with Crippen molar-refractivity contribution in [3.05, 3.63) is 29.3 Å². The van der Waals surface area contributed by atoms with Crippen LogP contribution in [0.3, 0.4) is 0 Å². The molecule has 0 saturated heterocycles. The van der Waals surface area contributed by atoms with Gasteiger partial charge in [-0.1, -0.05) is 24.1 Å². The largest absolute Gasteiger partial charge is 0.335 e. The first kappa shape index (κ1) is 11.8. The standard InChI is InChI=1S/C14H17ClN2O/c15-11-2-1-3-12(8-11)16-14(18)17-13-7-9-4-5-10(13)6-9/h1-3,8-10,13H,4-7H2,(H2,16,17,18)/t9-,10-,13+/m1/s1. The average Bonchev–Trinajstić information content (AvgIpc) is 2.90. The summed E-state index contributed by atoms with van der Waals surface area (Å²) in [6, 6.07) is 7.46. The molecular weight excluding hydrogens is 248 g/mol. The number of hydrogen-bond acceptors (Lipinski definition) is 1. The fourth-order valence-corrected chi connectivity index (χ4v) is 3.51. The van der Waals surface area contributed by atoms with Crippen molar-refractivity contribution in [3.63, 3.8) is 0 Å². The number of hydrogen-bond donors (Lipinski definition) is 2. The van der Waals surface area contributed by atoms with Gasteiger partial charge in [0.15, 0.2) is 0 Å². The van der Waals surface area contributed by atoms with Gasteiger partial charge in [0.05, 0.1) is 0 Å². The van der Waals surface area contributed by atoms with Crippen LogP contribution in [0.2, 0.25) is 5.02 Å². The third kappa shape index (κ3) is 2.46. The number of halogens is 1. The monoisotopic (exact) mass is 264 g/mol. The van der Waals surface area contributed by atoms with Gasteiger partial charge in [-0.15, -0.1) is 0 Å². The molecule has 0 unspecified atom stereocenters. The molecule has 3 nitrogen and oxygen atoms in total. The molecule has 2 bridgehead atoms. The van der Waals surface area contributed by atoms with E-state index in [1.807, 2.05) is 12.1 Å². The first-order valence-electron chi connectivity index (χ1n) is 6.54. The van der Waals surface area contributed by atoms with E-state index in [-0.39, 0.29) is 6.03 Å². The summed E-state index contributed by atoms with van der Waals surface area (Å²) in [5.41, 5.74) is 0.739. The number of urea groups is 1.